The van der Waals surface area contributed by atoms with E-state index < -0.39 is 0 Å². The number of rotatable bonds is 7. The van der Waals surface area contributed by atoms with Gasteiger partial charge in [-0.05, 0) is 58.6 Å². The molecule has 1 aliphatic rings. The lowest BCUT2D eigenvalue weighted by molar-refractivity contribution is -0.0152. The van der Waals surface area contributed by atoms with Crippen LogP contribution in [0.3, 0.4) is 0 Å². The zero-order valence-corrected chi connectivity index (χ0v) is 17.4. The van der Waals surface area contributed by atoms with Crippen molar-refractivity contribution in [3.05, 3.63) is 24.2 Å². The third-order valence-electron chi connectivity index (χ3n) is 4.03. The van der Waals surface area contributed by atoms with Crippen LogP contribution in [-0.2, 0) is 11.2 Å². The fraction of sp³-hybridized carbons (Fsp3) is 0.722. The van der Waals surface area contributed by atoms with E-state index in [1.165, 1.54) is 0 Å². The van der Waals surface area contributed by atoms with Crippen LogP contribution in [-0.4, -0.2) is 37.3 Å². The third kappa shape index (κ3) is 7.88. The van der Waals surface area contributed by atoms with Crippen LogP contribution in [0.1, 0.15) is 52.2 Å². The van der Waals surface area contributed by atoms with Crippen molar-refractivity contribution >= 4 is 29.9 Å². The van der Waals surface area contributed by atoms with Gasteiger partial charge < -0.3 is 19.8 Å². The third-order valence-corrected chi connectivity index (χ3v) is 4.03. The first-order valence-corrected chi connectivity index (χ1v) is 8.90. The van der Waals surface area contributed by atoms with Crippen LogP contribution < -0.4 is 10.6 Å². The first-order chi connectivity index (χ1) is 11.2. The summed E-state index contributed by atoms with van der Waals surface area (Å²) in [5.41, 5.74) is 0. The molecule has 0 amide bonds. The van der Waals surface area contributed by atoms with Crippen molar-refractivity contribution in [3.8, 4) is 0 Å². The fourth-order valence-electron chi connectivity index (χ4n) is 2.97. The maximum Gasteiger partial charge on any atom is 0.191 e. The van der Waals surface area contributed by atoms with E-state index in [1.807, 2.05) is 12.1 Å². The minimum absolute atomic E-state index is 0. The standard InChI is InChI=1S/C18H31N3O2.HI/c1-4-19-18(20-12-11-16-6-5-13-22-16)21-15-7-9-17(10-8-15)23-14(2)3;/h5-6,13-15,17H,4,7-12H2,1-3H3,(H2,19,20,21);1H. The molecule has 1 heterocycles. The van der Waals surface area contributed by atoms with Crippen LogP contribution >= 0.6 is 24.0 Å². The van der Waals surface area contributed by atoms with E-state index in [0.29, 0.717) is 18.2 Å². The number of nitrogens with zero attached hydrogens (tertiary/aromatic N) is 1. The second-order valence-corrected chi connectivity index (χ2v) is 6.39. The second kappa shape index (κ2) is 11.7. The second-order valence-electron chi connectivity index (χ2n) is 6.39. The molecule has 1 fully saturated rings. The average molecular weight is 449 g/mol. The lowest BCUT2D eigenvalue weighted by Crippen LogP contribution is -2.45. The van der Waals surface area contributed by atoms with Gasteiger partial charge in [-0.3, -0.25) is 4.99 Å². The largest absolute Gasteiger partial charge is 0.469 e. The monoisotopic (exact) mass is 449 g/mol. The number of hydrogen-bond donors (Lipinski definition) is 2. The van der Waals surface area contributed by atoms with Crippen molar-refractivity contribution in [1.29, 1.82) is 0 Å². The van der Waals surface area contributed by atoms with Crippen molar-refractivity contribution in [2.75, 3.05) is 13.1 Å². The summed E-state index contributed by atoms with van der Waals surface area (Å²) >= 11 is 0. The molecule has 0 aromatic carbocycles. The van der Waals surface area contributed by atoms with Crippen LogP contribution in [0.25, 0.3) is 0 Å². The molecule has 0 spiro atoms. The van der Waals surface area contributed by atoms with E-state index in [0.717, 1.165) is 56.9 Å². The highest BCUT2D eigenvalue weighted by molar-refractivity contribution is 14.0. The summed E-state index contributed by atoms with van der Waals surface area (Å²) in [4.78, 5) is 4.65. The molecule has 0 saturated heterocycles. The van der Waals surface area contributed by atoms with Crippen LogP contribution in [0.5, 0.6) is 0 Å². The van der Waals surface area contributed by atoms with Crippen molar-refractivity contribution in [3.63, 3.8) is 0 Å². The topological polar surface area (TPSA) is 58.8 Å². The maximum absolute atomic E-state index is 5.91. The van der Waals surface area contributed by atoms with E-state index in [4.69, 9.17) is 9.15 Å². The summed E-state index contributed by atoms with van der Waals surface area (Å²) in [6, 6.07) is 4.40. The number of furan rings is 1. The van der Waals surface area contributed by atoms with Crippen LogP contribution in [0.15, 0.2) is 27.8 Å². The molecular formula is C18H32IN3O2. The predicted octanol–water partition coefficient (Wildman–Crippen LogP) is 3.73. The number of halogens is 1. The number of nitrogens with one attached hydrogen (secondary N) is 2. The Morgan fingerprint density at radius 2 is 2.08 bits per heavy atom. The number of hydrogen-bond acceptors (Lipinski definition) is 3. The van der Waals surface area contributed by atoms with E-state index in [1.54, 1.807) is 6.26 Å². The van der Waals surface area contributed by atoms with Crippen LogP contribution in [0.2, 0.25) is 0 Å². The Balaban J connectivity index is 0.00000288. The van der Waals surface area contributed by atoms with Crippen molar-refractivity contribution in [1.82, 2.24) is 10.6 Å². The summed E-state index contributed by atoms with van der Waals surface area (Å²) in [5.74, 6) is 1.89. The lowest BCUT2D eigenvalue weighted by Gasteiger charge is -2.31. The van der Waals surface area contributed by atoms with Crippen LogP contribution in [0.4, 0.5) is 0 Å². The smallest absolute Gasteiger partial charge is 0.191 e. The Morgan fingerprint density at radius 1 is 1.33 bits per heavy atom. The van der Waals surface area contributed by atoms with Gasteiger partial charge in [-0.15, -0.1) is 24.0 Å². The SMILES string of the molecule is CCNC(=NCCc1ccco1)NC1CCC(OC(C)C)CC1.I. The first kappa shape index (κ1) is 21.3. The molecule has 138 valence electrons. The van der Waals surface area contributed by atoms with E-state index in [-0.39, 0.29) is 24.0 Å². The van der Waals surface area contributed by atoms with Gasteiger partial charge in [0.1, 0.15) is 5.76 Å². The van der Waals surface area contributed by atoms with Gasteiger partial charge >= 0.3 is 0 Å². The number of aliphatic imine (C=N–C) groups is 1. The fourth-order valence-corrected chi connectivity index (χ4v) is 2.97. The molecule has 1 aromatic rings. The van der Waals surface area contributed by atoms with Crippen molar-refractivity contribution in [2.45, 2.75) is 71.1 Å². The summed E-state index contributed by atoms with van der Waals surface area (Å²) in [5, 5.41) is 6.89. The molecule has 1 aliphatic carbocycles. The molecule has 0 unspecified atom stereocenters. The highest BCUT2D eigenvalue weighted by Crippen LogP contribution is 2.22. The average Bonchev–Trinajstić information content (AvgIpc) is 3.02. The van der Waals surface area contributed by atoms with Crippen LogP contribution in [0, 0.1) is 0 Å². The molecular weight excluding hydrogens is 417 g/mol. The molecule has 0 aliphatic heterocycles. The molecule has 0 atom stereocenters. The normalized spacial score (nSPS) is 21.4. The Morgan fingerprint density at radius 3 is 2.67 bits per heavy atom. The minimum Gasteiger partial charge on any atom is -0.469 e. The Labute approximate surface area is 163 Å². The molecule has 0 radical (unpaired) electrons. The molecule has 6 heteroatoms. The van der Waals surface area contributed by atoms with Crippen molar-refractivity contribution in [2.24, 2.45) is 4.99 Å². The van der Waals surface area contributed by atoms with Gasteiger partial charge in [0.15, 0.2) is 5.96 Å². The van der Waals surface area contributed by atoms with E-state index in [9.17, 15) is 0 Å². The van der Waals surface area contributed by atoms with Gasteiger partial charge in [0, 0.05) is 25.6 Å². The number of ether oxygens (including phenoxy) is 1. The molecule has 2 rings (SSSR count). The van der Waals surface area contributed by atoms with E-state index >= 15 is 0 Å². The molecule has 1 aromatic heterocycles. The van der Waals surface area contributed by atoms with Gasteiger partial charge in [-0.1, -0.05) is 0 Å². The summed E-state index contributed by atoms with van der Waals surface area (Å²) in [7, 11) is 0. The molecule has 24 heavy (non-hydrogen) atoms. The van der Waals surface area contributed by atoms with Gasteiger partial charge in [0.2, 0.25) is 0 Å². The zero-order chi connectivity index (χ0) is 16.5. The minimum atomic E-state index is 0. The van der Waals surface area contributed by atoms with Gasteiger partial charge in [-0.25, -0.2) is 0 Å². The van der Waals surface area contributed by atoms with Gasteiger partial charge in [0.05, 0.1) is 18.5 Å². The van der Waals surface area contributed by atoms with Crippen molar-refractivity contribution < 1.29 is 9.15 Å². The Bertz CT molecular complexity index is 455. The van der Waals surface area contributed by atoms with E-state index in [2.05, 4.69) is 36.4 Å². The highest BCUT2D eigenvalue weighted by atomic mass is 127. The van der Waals surface area contributed by atoms with Gasteiger partial charge in [0.25, 0.3) is 0 Å². The molecule has 0 bridgehead atoms. The lowest BCUT2D eigenvalue weighted by atomic mass is 9.93. The Hall–Kier alpha value is -0.760. The maximum atomic E-state index is 5.91. The molecule has 2 N–H and O–H groups in total. The molecule has 5 nitrogen and oxygen atoms in total. The molecule has 1 saturated carbocycles. The summed E-state index contributed by atoms with van der Waals surface area (Å²) in [6.07, 6.45) is 7.82. The highest BCUT2D eigenvalue weighted by Gasteiger charge is 2.22. The quantitative estimate of drug-likeness (QED) is 0.379. The summed E-state index contributed by atoms with van der Waals surface area (Å²) < 4.78 is 11.3. The van der Waals surface area contributed by atoms with Gasteiger partial charge in [-0.2, -0.15) is 0 Å². The zero-order valence-electron chi connectivity index (χ0n) is 15.1. The summed E-state index contributed by atoms with van der Waals surface area (Å²) in [6.45, 7) is 7.92. The predicted molar refractivity (Wildman–Crippen MR) is 109 cm³/mol. The Kier molecular flexibility index (Phi) is 10.4. The number of guanidine groups is 1. The first-order valence-electron chi connectivity index (χ1n) is 8.90.